The van der Waals surface area contributed by atoms with E-state index in [1.807, 2.05) is 42.7 Å². The Morgan fingerprint density at radius 1 is 1.12 bits per heavy atom. The molecule has 1 unspecified atom stereocenters. The molecule has 2 rings (SSSR count). The zero-order valence-electron chi connectivity index (χ0n) is 14.2. The second kappa shape index (κ2) is 9.13. The van der Waals surface area contributed by atoms with Crippen molar-refractivity contribution in [3.63, 3.8) is 0 Å². The first-order chi connectivity index (χ1) is 12.0. The van der Waals surface area contributed by atoms with Crippen LogP contribution in [0.4, 0.5) is 0 Å². The highest BCUT2D eigenvalue weighted by atomic mass is 32.2. The van der Waals surface area contributed by atoms with Crippen LogP contribution in [0.1, 0.15) is 23.6 Å². The van der Waals surface area contributed by atoms with E-state index in [4.69, 9.17) is 9.84 Å². The average molecular weight is 359 g/mol. The van der Waals surface area contributed by atoms with Gasteiger partial charge >= 0.3 is 5.97 Å². The normalized spacial score (nSPS) is 11.6. The van der Waals surface area contributed by atoms with E-state index in [1.54, 1.807) is 31.0 Å². The lowest BCUT2D eigenvalue weighted by atomic mass is 10.0. The summed E-state index contributed by atoms with van der Waals surface area (Å²) in [5.41, 5.74) is 1.62. The summed E-state index contributed by atoms with van der Waals surface area (Å²) in [5.74, 6) is -0.448. The molecule has 0 aromatic heterocycles. The second-order valence-electron chi connectivity index (χ2n) is 5.52. The SMILES string of the molecule is COc1ccc(CC(=O)NC(CC(=O)O)c2ccc(SC)cc2)cc1. The van der Waals surface area contributed by atoms with Gasteiger partial charge in [-0.3, -0.25) is 9.59 Å². The minimum Gasteiger partial charge on any atom is -0.497 e. The van der Waals surface area contributed by atoms with E-state index in [-0.39, 0.29) is 18.7 Å². The molecule has 25 heavy (non-hydrogen) atoms. The number of amides is 1. The first kappa shape index (κ1) is 18.9. The Labute approximate surface area is 151 Å². The molecule has 0 spiro atoms. The van der Waals surface area contributed by atoms with Crippen LogP contribution in [0.25, 0.3) is 0 Å². The Bertz CT molecular complexity index is 713. The molecule has 0 saturated heterocycles. The van der Waals surface area contributed by atoms with Gasteiger partial charge in [-0.2, -0.15) is 0 Å². The molecule has 1 atom stereocenters. The quantitative estimate of drug-likeness (QED) is 0.708. The van der Waals surface area contributed by atoms with Crippen molar-refractivity contribution >= 4 is 23.6 Å². The maximum atomic E-state index is 12.3. The van der Waals surface area contributed by atoms with Gasteiger partial charge in [-0.05, 0) is 41.6 Å². The van der Waals surface area contributed by atoms with Crippen molar-refractivity contribution in [3.05, 3.63) is 59.7 Å². The van der Waals surface area contributed by atoms with Crippen LogP contribution >= 0.6 is 11.8 Å². The molecule has 0 heterocycles. The molecule has 2 aromatic rings. The summed E-state index contributed by atoms with van der Waals surface area (Å²) in [6, 6.07) is 14.2. The number of carbonyl (C=O) groups is 2. The summed E-state index contributed by atoms with van der Waals surface area (Å²) in [7, 11) is 1.58. The van der Waals surface area contributed by atoms with Gasteiger partial charge in [0.2, 0.25) is 5.91 Å². The first-order valence-corrected chi connectivity index (χ1v) is 9.02. The number of aliphatic carboxylic acids is 1. The number of rotatable bonds is 8. The van der Waals surface area contributed by atoms with Gasteiger partial charge in [-0.1, -0.05) is 24.3 Å². The molecule has 2 N–H and O–H groups in total. The third-order valence-corrected chi connectivity index (χ3v) is 4.50. The van der Waals surface area contributed by atoms with Gasteiger partial charge in [0.05, 0.1) is 26.0 Å². The predicted octanol–water partition coefficient (Wildman–Crippen LogP) is 3.29. The minimum atomic E-state index is -0.955. The average Bonchev–Trinajstić information content (AvgIpc) is 2.61. The zero-order valence-corrected chi connectivity index (χ0v) is 15.0. The smallest absolute Gasteiger partial charge is 0.305 e. The molecule has 0 aliphatic carbocycles. The van der Waals surface area contributed by atoms with E-state index in [0.717, 1.165) is 21.8 Å². The highest BCUT2D eigenvalue weighted by Crippen LogP contribution is 2.21. The zero-order chi connectivity index (χ0) is 18.2. The number of methoxy groups -OCH3 is 1. The number of hydrogen-bond donors (Lipinski definition) is 2. The molecule has 2 aromatic carbocycles. The molecular weight excluding hydrogens is 338 g/mol. The summed E-state index contributed by atoms with van der Waals surface area (Å²) in [4.78, 5) is 24.5. The maximum absolute atomic E-state index is 12.3. The minimum absolute atomic E-state index is 0.160. The fraction of sp³-hybridized carbons (Fsp3) is 0.263. The highest BCUT2D eigenvalue weighted by Gasteiger charge is 2.18. The van der Waals surface area contributed by atoms with Crippen molar-refractivity contribution in [2.45, 2.75) is 23.8 Å². The molecule has 0 fully saturated rings. The van der Waals surface area contributed by atoms with Gasteiger partial charge in [-0.15, -0.1) is 11.8 Å². The van der Waals surface area contributed by atoms with Gasteiger partial charge < -0.3 is 15.2 Å². The lowest BCUT2D eigenvalue weighted by Gasteiger charge is -2.18. The Morgan fingerprint density at radius 2 is 1.76 bits per heavy atom. The number of carboxylic acids is 1. The Hall–Kier alpha value is -2.47. The fourth-order valence-corrected chi connectivity index (χ4v) is 2.85. The van der Waals surface area contributed by atoms with E-state index in [1.165, 1.54) is 0 Å². The number of thioether (sulfide) groups is 1. The highest BCUT2D eigenvalue weighted by molar-refractivity contribution is 7.98. The van der Waals surface area contributed by atoms with Crippen LogP contribution in [0.3, 0.4) is 0 Å². The first-order valence-electron chi connectivity index (χ1n) is 7.80. The largest absolute Gasteiger partial charge is 0.497 e. The number of benzene rings is 2. The maximum Gasteiger partial charge on any atom is 0.305 e. The predicted molar refractivity (Wildman–Crippen MR) is 98.1 cm³/mol. The lowest BCUT2D eigenvalue weighted by molar-refractivity contribution is -0.137. The van der Waals surface area contributed by atoms with Gasteiger partial charge in [-0.25, -0.2) is 0 Å². The number of nitrogens with one attached hydrogen (secondary N) is 1. The van der Waals surface area contributed by atoms with E-state index >= 15 is 0 Å². The molecule has 1 amide bonds. The van der Waals surface area contributed by atoms with Crippen LogP contribution in [0.2, 0.25) is 0 Å². The van der Waals surface area contributed by atoms with Crippen molar-refractivity contribution in [2.24, 2.45) is 0 Å². The molecule has 0 aliphatic rings. The molecule has 0 bridgehead atoms. The van der Waals surface area contributed by atoms with Crippen molar-refractivity contribution in [1.82, 2.24) is 5.32 Å². The Balaban J connectivity index is 2.06. The van der Waals surface area contributed by atoms with Gasteiger partial charge in [0.1, 0.15) is 5.75 Å². The van der Waals surface area contributed by atoms with Crippen LogP contribution < -0.4 is 10.1 Å². The number of hydrogen-bond acceptors (Lipinski definition) is 4. The summed E-state index contributed by atoms with van der Waals surface area (Å²) >= 11 is 1.61. The summed E-state index contributed by atoms with van der Waals surface area (Å²) < 4.78 is 5.09. The number of carboxylic acid groups (broad SMARTS) is 1. The van der Waals surface area contributed by atoms with Crippen LogP contribution in [-0.2, 0) is 16.0 Å². The van der Waals surface area contributed by atoms with E-state index in [0.29, 0.717) is 0 Å². The molecule has 132 valence electrons. The lowest BCUT2D eigenvalue weighted by Crippen LogP contribution is -2.31. The van der Waals surface area contributed by atoms with Crippen LogP contribution in [0.5, 0.6) is 5.75 Å². The molecule has 0 aliphatic heterocycles. The van der Waals surface area contributed by atoms with Gasteiger partial charge in [0, 0.05) is 4.90 Å². The Kier molecular flexibility index (Phi) is 6.89. The van der Waals surface area contributed by atoms with Gasteiger partial charge in [0.15, 0.2) is 0 Å². The third kappa shape index (κ3) is 5.83. The molecular formula is C19H21NO4S. The van der Waals surface area contributed by atoms with Crippen molar-refractivity contribution in [3.8, 4) is 5.75 Å². The number of ether oxygens (including phenoxy) is 1. The summed E-state index contributed by atoms with van der Waals surface area (Å²) in [6.45, 7) is 0. The third-order valence-electron chi connectivity index (χ3n) is 3.76. The van der Waals surface area contributed by atoms with Crippen molar-refractivity contribution in [2.75, 3.05) is 13.4 Å². The van der Waals surface area contributed by atoms with Crippen LogP contribution in [-0.4, -0.2) is 30.3 Å². The molecule has 0 radical (unpaired) electrons. The monoisotopic (exact) mass is 359 g/mol. The second-order valence-corrected chi connectivity index (χ2v) is 6.40. The summed E-state index contributed by atoms with van der Waals surface area (Å²) in [6.07, 6.45) is 2.00. The standard InChI is InChI=1S/C19H21NO4S/c1-24-15-7-3-13(4-8-15)11-18(21)20-17(12-19(22)23)14-5-9-16(25-2)10-6-14/h3-10,17H,11-12H2,1-2H3,(H,20,21)(H,22,23). The van der Waals surface area contributed by atoms with Crippen LogP contribution in [0.15, 0.2) is 53.4 Å². The molecule has 6 heteroatoms. The summed E-state index contributed by atoms with van der Waals surface area (Å²) in [5, 5.41) is 12.0. The Morgan fingerprint density at radius 3 is 2.28 bits per heavy atom. The van der Waals surface area contributed by atoms with Crippen molar-refractivity contribution < 1.29 is 19.4 Å². The van der Waals surface area contributed by atoms with Gasteiger partial charge in [0.25, 0.3) is 0 Å². The van der Waals surface area contributed by atoms with Crippen LogP contribution in [0, 0.1) is 0 Å². The van der Waals surface area contributed by atoms with E-state index in [2.05, 4.69) is 5.32 Å². The molecule has 5 nitrogen and oxygen atoms in total. The topological polar surface area (TPSA) is 75.6 Å². The van der Waals surface area contributed by atoms with E-state index in [9.17, 15) is 9.59 Å². The number of carbonyl (C=O) groups excluding carboxylic acids is 1. The van der Waals surface area contributed by atoms with E-state index < -0.39 is 12.0 Å². The fourth-order valence-electron chi connectivity index (χ4n) is 2.44. The molecule has 0 saturated carbocycles. The van der Waals surface area contributed by atoms with Crippen molar-refractivity contribution in [1.29, 1.82) is 0 Å².